The molecule has 0 aliphatic carbocycles. The Hall–Kier alpha value is -3.50. The van der Waals surface area contributed by atoms with E-state index in [-0.39, 0.29) is 11.8 Å². The van der Waals surface area contributed by atoms with Crippen molar-refractivity contribution in [1.82, 2.24) is 9.97 Å². The second-order valence-corrected chi connectivity index (χ2v) is 12.6. The Morgan fingerprint density at radius 3 is 2.17 bits per heavy atom. The molecular weight excluding hydrogens is 671 g/mol. The van der Waals surface area contributed by atoms with Gasteiger partial charge in [0, 0.05) is 34.2 Å². The molecule has 4 rings (SSSR count). The number of amides is 2. The van der Waals surface area contributed by atoms with Gasteiger partial charge in [0.1, 0.15) is 17.4 Å². The highest BCUT2D eigenvalue weighted by Gasteiger charge is 2.18. The van der Waals surface area contributed by atoms with Gasteiger partial charge in [-0.1, -0.05) is 67.0 Å². The Labute approximate surface area is 297 Å². The first-order valence-corrected chi connectivity index (χ1v) is 17.9. The zero-order valence-corrected chi connectivity index (χ0v) is 31.3. The average Bonchev–Trinajstić information content (AvgIpc) is 3.07. The van der Waals surface area contributed by atoms with E-state index in [2.05, 4.69) is 21.9 Å². The molecule has 250 valence electrons. The van der Waals surface area contributed by atoms with Gasteiger partial charge in [-0.25, -0.2) is 9.97 Å². The molecule has 0 saturated heterocycles. The Kier molecular flexibility index (Phi) is 16.9. The molecular formula is C36H42Cl2N4O3S2. The number of carbonyl (C=O) groups is 2. The summed E-state index contributed by atoms with van der Waals surface area (Å²) in [5.74, 6) is 1.89. The van der Waals surface area contributed by atoms with Gasteiger partial charge in [-0.2, -0.15) is 0 Å². The Bertz CT molecular complexity index is 1660. The van der Waals surface area contributed by atoms with Gasteiger partial charge in [0.15, 0.2) is 0 Å². The van der Waals surface area contributed by atoms with Crippen LogP contribution in [0, 0.1) is 20.8 Å². The molecule has 2 amide bonds. The monoisotopic (exact) mass is 712 g/mol. The maximum atomic E-state index is 12.1. The predicted octanol–water partition coefficient (Wildman–Crippen LogP) is 9.77. The minimum absolute atomic E-state index is 0.0457. The van der Waals surface area contributed by atoms with E-state index in [1.165, 1.54) is 6.08 Å². The van der Waals surface area contributed by atoms with E-state index in [9.17, 15) is 9.59 Å². The predicted molar refractivity (Wildman–Crippen MR) is 201 cm³/mol. The van der Waals surface area contributed by atoms with Crippen LogP contribution in [0.25, 0.3) is 0 Å². The summed E-state index contributed by atoms with van der Waals surface area (Å²) in [6.45, 7) is 13.1. The third kappa shape index (κ3) is 11.9. The molecule has 0 bridgehead atoms. The first kappa shape index (κ1) is 39.7. The van der Waals surface area contributed by atoms with Crippen molar-refractivity contribution in [2.24, 2.45) is 0 Å². The number of anilines is 2. The summed E-state index contributed by atoms with van der Waals surface area (Å²) in [6, 6.07) is 17.3. The minimum Gasteiger partial charge on any atom is -0.497 e. The zero-order chi connectivity index (χ0) is 35.1. The number of benzene rings is 3. The second-order valence-electron chi connectivity index (χ2n) is 10.1. The summed E-state index contributed by atoms with van der Waals surface area (Å²) in [7, 11) is 1.63. The second kappa shape index (κ2) is 20.0. The smallest absolute Gasteiger partial charge is 0.247 e. The van der Waals surface area contributed by atoms with Gasteiger partial charge in [-0.05, 0) is 86.7 Å². The molecule has 11 heteroatoms. The number of hydrogen-bond donors (Lipinski definition) is 1. The molecule has 0 aliphatic rings. The SMILES string of the molecule is C=CC(=O)Nc1ccccc1C.CCc1cnc(C)nc1N(Cc1cccc(OC)c1)C(C)=O.CSc1cc(SC)c(Cl)c(C)c1Cl. The number of aromatic nitrogens is 2. The normalized spacial score (nSPS) is 10.1. The van der Waals surface area contributed by atoms with Crippen LogP contribution in [0.5, 0.6) is 5.75 Å². The number of rotatable bonds is 9. The van der Waals surface area contributed by atoms with E-state index in [1.807, 2.05) is 94.8 Å². The first-order valence-electron chi connectivity index (χ1n) is 14.7. The molecule has 7 nitrogen and oxygen atoms in total. The van der Waals surface area contributed by atoms with Gasteiger partial charge in [0.2, 0.25) is 11.8 Å². The maximum absolute atomic E-state index is 12.1. The zero-order valence-electron chi connectivity index (χ0n) is 28.1. The Balaban J connectivity index is 0.000000263. The number of methoxy groups -OCH3 is 1. The average molecular weight is 714 g/mol. The van der Waals surface area contributed by atoms with Gasteiger partial charge in [0.25, 0.3) is 0 Å². The van der Waals surface area contributed by atoms with Crippen molar-refractivity contribution in [2.75, 3.05) is 29.8 Å². The van der Waals surface area contributed by atoms with E-state index in [0.29, 0.717) is 18.2 Å². The van der Waals surface area contributed by atoms with E-state index >= 15 is 0 Å². The van der Waals surface area contributed by atoms with Crippen LogP contribution in [-0.2, 0) is 22.6 Å². The first-order chi connectivity index (χ1) is 22.4. The topological polar surface area (TPSA) is 84.4 Å². The van der Waals surface area contributed by atoms with Gasteiger partial charge < -0.3 is 10.1 Å². The van der Waals surface area contributed by atoms with Crippen LogP contribution in [-0.4, -0.2) is 41.4 Å². The van der Waals surface area contributed by atoms with Crippen LogP contribution in [0.1, 0.15) is 41.9 Å². The lowest BCUT2D eigenvalue weighted by Gasteiger charge is -2.23. The quantitative estimate of drug-likeness (QED) is 0.137. The molecule has 1 N–H and O–H groups in total. The Morgan fingerprint density at radius 2 is 1.64 bits per heavy atom. The van der Waals surface area contributed by atoms with Crippen molar-refractivity contribution in [1.29, 1.82) is 0 Å². The molecule has 0 aliphatic heterocycles. The highest BCUT2D eigenvalue weighted by molar-refractivity contribution is 7.99. The summed E-state index contributed by atoms with van der Waals surface area (Å²) in [5, 5.41) is 4.25. The number of aryl methyl sites for hydroxylation is 3. The highest BCUT2D eigenvalue weighted by Crippen LogP contribution is 2.38. The number of nitrogens with one attached hydrogen (secondary N) is 1. The summed E-state index contributed by atoms with van der Waals surface area (Å²) in [4.78, 5) is 35.6. The summed E-state index contributed by atoms with van der Waals surface area (Å²) < 4.78 is 5.24. The van der Waals surface area contributed by atoms with Gasteiger partial charge in [-0.3, -0.25) is 14.5 Å². The van der Waals surface area contributed by atoms with E-state index < -0.39 is 0 Å². The van der Waals surface area contributed by atoms with Gasteiger partial charge >= 0.3 is 0 Å². The molecule has 0 saturated carbocycles. The van der Waals surface area contributed by atoms with Crippen LogP contribution >= 0.6 is 46.7 Å². The van der Waals surface area contributed by atoms with Crippen molar-refractivity contribution in [3.8, 4) is 5.75 Å². The molecule has 0 fully saturated rings. The summed E-state index contributed by atoms with van der Waals surface area (Å²) in [6.07, 6.45) is 7.85. The lowest BCUT2D eigenvalue weighted by molar-refractivity contribution is -0.116. The molecule has 0 unspecified atom stereocenters. The standard InChI is InChI=1S/C17H21N3O2.C10H11NO.C9H10Cl2S2/c1-5-15-10-18-12(2)19-17(15)20(13(3)21)11-14-7-6-8-16(9-14)22-4;1-3-10(12)11-9-7-5-4-6-8(9)2;1-5-8(10)6(12-2)4-7(13-3)9(5)11/h6-10H,5,11H2,1-4H3;3-7H,1H2,2H3,(H,11,12);4H,1-3H3. The largest absolute Gasteiger partial charge is 0.497 e. The van der Waals surface area contributed by atoms with Crippen molar-refractivity contribution in [3.63, 3.8) is 0 Å². The van der Waals surface area contributed by atoms with Crippen molar-refractivity contribution >= 4 is 70.0 Å². The van der Waals surface area contributed by atoms with Gasteiger partial charge in [-0.15, -0.1) is 23.5 Å². The molecule has 47 heavy (non-hydrogen) atoms. The Morgan fingerprint density at radius 1 is 1.00 bits per heavy atom. The van der Waals surface area contributed by atoms with E-state index in [0.717, 1.165) is 59.9 Å². The fraction of sp³-hybridized carbons (Fsp3) is 0.278. The van der Waals surface area contributed by atoms with Crippen LogP contribution in [0.3, 0.4) is 0 Å². The van der Waals surface area contributed by atoms with Gasteiger partial charge in [0.05, 0.1) is 23.7 Å². The van der Waals surface area contributed by atoms with Crippen molar-refractivity contribution < 1.29 is 14.3 Å². The van der Waals surface area contributed by atoms with Crippen LogP contribution < -0.4 is 15.0 Å². The maximum Gasteiger partial charge on any atom is 0.247 e. The number of nitrogens with zero attached hydrogens (tertiary/aromatic N) is 3. The lowest BCUT2D eigenvalue weighted by atomic mass is 10.1. The van der Waals surface area contributed by atoms with E-state index in [4.69, 9.17) is 27.9 Å². The minimum atomic E-state index is -0.177. The van der Waals surface area contributed by atoms with E-state index in [1.54, 1.807) is 48.7 Å². The van der Waals surface area contributed by atoms with Crippen molar-refractivity contribution in [3.05, 3.63) is 112 Å². The number of carbonyl (C=O) groups excluding carboxylic acids is 2. The molecule has 0 radical (unpaired) electrons. The molecule has 1 aromatic heterocycles. The molecule has 4 aromatic rings. The van der Waals surface area contributed by atoms with Crippen LogP contribution in [0.4, 0.5) is 11.5 Å². The lowest BCUT2D eigenvalue weighted by Crippen LogP contribution is -2.30. The summed E-state index contributed by atoms with van der Waals surface area (Å²) in [5.41, 5.74) is 4.81. The number of thioether (sulfide) groups is 2. The third-order valence-electron chi connectivity index (χ3n) is 6.84. The fourth-order valence-electron chi connectivity index (χ4n) is 4.16. The third-order valence-corrected chi connectivity index (χ3v) is 9.56. The highest BCUT2D eigenvalue weighted by atomic mass is 35.5. The van der Waals surface area contributed by atoms with Crippen LogP contribution in [0.2, 0.25) is 10.0 Å². The molecule has 0 spiro atoms. The fourth-order valence-corrected chi connectivity index (χ4v) is 6.18. The number of ether oxygens (including phenoxy) is 1. The number of halogens is 2. The summed E-state index contributed by atoms with van der Waals surface area (Å²) >= 11 is 15.5. The van der Waals surface area contributed by atoms with Crippen LogP contribution in [0.15, 0.2) is 83.2 Å². The van der Waals surface area contributed by atoms with Crippen molar-refractivity contribution in [2.45, 2.75) is 57.4 Å². The number of para-hydroxylation sites is 1. The number of hydrogen-bond acceptors (Lipinski definition) is 7. The molecule has 0 atom stereocenters. The molecule has 1 heterocycles. The molecule has 3 aromatic carbocycles.